The number of sulfonamides is 1. The third-order valence-electron chi connectivity index (χ3n) is 4.84. The van der Waals surface area contributed by atoms with Crippen LogP contribution in [0.25, 0.3) is 0 Å². The van der Waals surface area contributed by atoms with Gasteiger partial charge in [-0.2, -0.15) is 4.31 Å². The first kappa shape index (κ1) is 21.9. The van der Waals surface area contributed by atoms with Crippen molar-refractivity contribution in [1.82, 2.24) is 9.21 Å². The standard InChI is InChI=1S/C17H27N3O3S.ClH/c1-13(2)19(4)24(22,23)15-7-5-14(6-8-15)16(21)20-10-9-17(3,11-18)12-20;/h5-8,13H,9-12,18H2,1-4H3;1H. The third kappa shape index (κ3) is 4.53. The molecule has 1 heterocycles. The topological polar surface area (TPSA) is 83.7 Å². The molecule has 2 rings (SSSR count). The minimum absolute atomic E-state index is 0. The smallest absolute Gasteiger partial charge is 0.253 e. The summed E-state index contributed by atoms with van der Waals surface area (Å²) in [4.78, 5) is 14.6. The zero-order chi connectivity index (χ0) is 18.1. The van der Waals surface area contributed by atoms with Crippen molar-refractivity contribution >= 4 is 28.3 Å². The van der Waals surface area contributed by atoms with Gasteiger partial charge in [0.25, 0.3) is 5.91 Å². The predicted octanol–water partition coefficient (Wildman–Crippen LogP) is 1.95. The van der Waals surface area contributed by atoms with Gasteiger partial charge < -0.3 is 10.6 Å². The van der Waals surface area contributed by atoms with Crippen LogP contribution in [0.15, 0.2) is 29.2 Å². The van der Waals surface area contributed by atoms with Crippen LogP contribution in [-0.2, 0) is 10.0 Å². The molecule has 0 bridgehead atoms. The Morgan fingerprint density at radius 3 is 2.32 bits per heavy atom. The average molecular weight is 390 g/mol. The molecule has 1 aliphatic heterocycles. The Kier molecular flexibility index (Phi) is 7.03. The van der Waals surface area contributed by atoms with E-state index in [1.807, 2.05) is 13.8 Å². The van der Waals surface area contributed by atoms with Gasteiger partial charge in [-0.15, -0.1) is 12.4 Å². The molecule has 2 N–H and O–H groups in total. The Bertz CT molecular complexity index is 706. The minimum Gasteiger partial charge on any atom is -0.338 e. The van der Waals surface area contributed by atoms with Crippen molar-refractivity contribution in [1.29, 1.82) is 0 Å². The van der Waals surface area contributed by atoms with Crippen LogP contribution in [0.3, 0.4) is 0 Å². The van der Waals surface area contributed by atoms with E-state index in [0.717, 1.165) is 6.42 Å². The minimum atomic E-state index is -3.53. The van der Waals surface area contributed by atoms with Crippen molar-refractivity contribution in [2.24, 2.45) is 11.1 Å². The van der Waals surface area contributed by atoms with E-state index in [-0.39, 0.29) is 34.7 Å². The van der Waals surface area contributed by atoms with Crippen LogP contribution in [0, 0.1) is 5.41 Å². The lowest BCUT2D eigenvalue weighted by Gasteiger charge is -2.23. The molecule has 6 nitrogen and oxygen atoms in total. The molecule has 1 saturated heterocycles. The second-order valence-corrected chi connectivity index (χ2v) is 9.13. The van der Waals surface area contributed by atoms with Crippen LogP contribution in [0.5, 0.6) is 0 Å². The normalized spacial score (nSPS) is 20.8. The van der Waals surface area contributed by atoms with Crippen molar-refractivity contribution in [3.63, 3.8) is 0 Å². The number of hydrogen-bond acceptors (Lipinski definition) is 4. The van der Waals surface area contributed by atoms with Crippen molar-refractivity contribution < 1.29 is 13.2 Å². The van der Waals surface area contributed by atoms with Crippen LogP contribution in [-0.4, -0.2) is 56.3 Å². The first-order valence-electron chi connectivity index (χ1n) is 8.18. The molecule has 1 aliphatic rings. The van der Waals surface area contributed by atoms with Crippen LogP contribution < -0.4 is 5.73 Å². The molecule has 142 valence electrons. The second kappa shape index (κ2) is 8.03. The maximum Gasteiger partial charge on any atom is 0.253 e. The van der Waals surface area contributed by atoms with E-state index in [1.54, 1.807) is 24.1 Å². The van der Waals surface area contributed by atoms with Crippen LogP contribution >= 0.6 is 12.4 Å². The van der Waals surface area contributed by atoms with Crippen LogP contribution in [0.1, 0.15) is 37.6 Å². The third-order valence-corrected chi connectivity index (χ3v) is 6.89. The quantitative estimate of drug-likeness (QED) is 0.834. The molecule has 1 unspecified atom stereocenters. The molecule has 0 aromatic heterocycles. The monoisotopic (exact) mass is 389 g/mol. The zero-order valence-electron chi connectivity index (χ0n) is 15.2. The highest BCUT2D eigenvalue weighted by molar-refractivity contribution is 7.89. The molecular weight excluding hydrogens is 362 g/mol. The molecule has 25 heavy (non-hydrogen) atoms. The summed E-state index contributed by atoms with van der Waals surface area (Å²) < 4.78 is 26.2. The lowest BCUT2D eigenvalue weighted by molar-refractivity contribution is 0.0777. The number of carbonyl (C=O) groups is 1. The van der Waals surface area contributed by atoms with E-state index in [4.69, 9.17) is 5.73 Å². The number of nitrogens with zero attached hydrogens (tertiary/aromatic N) is 2. The molecule has 1 amide bonds. The van der Waals surface area contributed by atoms with Gasteiger partial charge in [0.05, 0.1) is 4.90 Å². The molecule has 0 saturated carbocycles. The zero-order valence-corrected chi connectivity index (χ0v) is 16.9. The molecule has 1 atom stereocenters. The van der Waals surface area contributed by atoms with E-state index in [9.17, 15) is 13.2 Å². The van der Waals surface area contributed by atoms with E-state index in [0.29, 0.717) is 25.2 Å². The van der Waals surface area contributed by atoms with Crippen LogP contribution in [0.2, 0.25) is 0 Å². The number of carbonyl (C=O) groups excluding carboxylic acids is 1. The first-order chi connectivity index (χ1) is 11.1. The molecule has 0 spiro atoms. The van der Waals surface area contributed by atoms with Gasteiger partial charge in [-0.25, -0.2) is 8.42 Å². The summed E-state index contributed by atoms with van der Waals surface area (Å²) in [5.74, 6) is -0.0756. The van der Waals surface area contributed by atoms with E-state index in [1.165, 1.54) is 16.4 Å². The van der Waals surface area contributed by atoms with Gasteiger partial charge in [0.15, 0.2) is 0 Å². The van der Waals surface area contributed by atoms with Crippen LogP contribution in [0.4, 0.5) is 0 Å². The van der Waals surface area contributed by atoms with Gasteiger partial charge in [-0.05, 0) is 56.5 Å². The van der Waals surface area contributed by atoms with Gasteiger partial charge in [0, 0.05) is 31.7 Å². The van der Waals surface area contributed by atoms with Crippen molar-refractivity contribution in [2.75, 3.05) is 26.7 Å². The van der Waals surface area contributed by atoms with Gasteiger partial charge >= 0.3 is 0 Å². The fourth-order valence-electron chi connectivity index (χ4n) is 2.76. The Morgan fingerprint density at radius 1 is 1.32 bits per heavy atom. The highest BCUT2D eigenvalue weighted by atomic mass is 35.5. The number of rotatable bonds is 5. The van der Waals surface area contributed by atoms with Crippen molar-refractivity contribution in [3.05, 3.63) is 29.8 Å². The highest BCUT2D eigenvalue weighted by Crippen LogP contribution is 2.29. The number of likely N-dealkylation sites (tertiary alicyclic amines) is 1. The summed E-state index contributed by atoms with van der Waals surface area (Å²) >= 11 is 0. The maximum atomic E-state index is 12.6. The van der Waals surface area contributed by atoms with E-state index < -0.39 is 10.0 Å². The Labute approximate surface area is 156 Å². The lowest BCUT2D eigenvalue weighted by atomic mass is 9.90. The number of amides is 1. The maximum absolute atomic E-state index is 12.6. The first-order valence-corrected chi connectivity index (χ1v) is 9.62. The van der Waals surface area contributed by atoms with Gasteiger partial charge in [-0.1, -0.05) is 6.92 Å². The Balaban J connectivity index is 0.00000312. The summed E-state index contributed by atoms with van der Waals surface area (Å²) in [7, 11) is -1.98. The summed E-state index contributed by atoms with van der Waals surface area (Å²) in [5, 5.41) is 0. The van der Waals surface area contributed by atoms with Crippen molar-refractivity contribution in [3.8, 4) is 0 Å². The fraction of sp³-hybridized carbons (Fsp3) is 0.588. The predicted molar refractivity (Wildman–Crippen MR) is 101 cm³/mol. The highest BCUT2D eigenvalue weighted by Gasteiger charge is 2.35. The average Bonchev–Trinajstić information content (AvgIpc) is 2.96. The summed E-state index contributed by atoms with van der Waals surface area (Å²) in [6.45, 7) is 7.59. The van der Waals surface area contributed by atoms with Gasteiger partial charge in [0.2, 0.25) is 10.0 Å². The number of nitrogens with two attached hydrogens (primary N) is 1. The Morgan fingerprint density at radius 2 is 1.88 bits per heavy atom. The fourth-order valence-corrected chi connectivity index (χ4v) is 4.13. The molecule has 0 aliphatic carbocycles. The Hall–Kier alpha value is -1.15. The summed E-state index contributed by atoms with van der Waals surface area (Å²) in [6, 6.07) is 6.04. The molecular formula is C17H28ClN3O3S. The molecule has 8 heteroatoms. The van der Waals surface area contributed by atoms with E-state index in [2.05, 4.69) is 6.92 Å². The molecule has 1 aromatic carbocycles. The molecule has 1 aromatic rings. The van der Waals surface area contributed by atoms with Gasteiger partial charge in [-0.3, -0.25) is 4.79 Å². The second-order valence-electron chi connectivity index (χ2n) is 7.13. The number of halogens is 1. The number of benzene rings is 1. The molecule has 1 fully saturated rings. The summed E-state index contributed by atoms with van der Waals surface area (Å²) in [5.41, 5.74) is 6.25. The largest absolute Gasteiger partial charge is 0.338 e. The van der Waals surface area contributed by atoms with Crippen molar-refractivity contribution in [2.45, 2.75) is 38.1 Å². The number of hydrogen-bond donors (Lipinski definition) is 1. The van der Waals surface area contributed by atoms with E-state index >= 15 is 0 Å². The lowest BCUT2D eigenvalue weighted by Crippen LogP contribution is -2.34. The van der Waals surface area contributed by atoms with Gasteiger partial charge in [0.1, 0.15) is 0 Å². The molecule has 0 radical (unpaired) electrons. The SMILES string of the molecule is CC(C)N(C)S(=O)(=O)c1ccc(C(=O)N2CCC(C)(CN)C2)cc1.Cl. The summed E-state index contributed by atoms with van der Waals surface area (Å²) in [6.07, 6.45) is 0.890.